The highest BCUT2D eigenvalue weighted by Crippen LogP contribution is 2.22. The molecule has 2 rings (SSSR count). The summed E-state index contributed by atoms with van der Waals surface area (Å²) in [6.07, 6.45) is 0. The second-order valence-corrected chi connectivity index (χ2v) is 2.60. The summed E-state index contributed by atoms with van der Waals surface area (Å²) in [6, 6.07) is 11.5. The van der Waals surface area contributed by atoms with Crippen molar-refractivity contribution in [2.45, 2.75) is 0 Å². The van der Waals surface area contributed by atoms with Crippen LogP contribution in [0.25, 0.3) is 11.3 Å². The first-order valence-corrected chi connectivity index (χ1v) is 3.96. The van der Waals surface area contributed by atoms with E-state index >= 15 is 0 Å². The van der Waals surface area contributed by atoms with Gasteiger partial charge in [0.05, 0.1) is 7.11 Å². The van der Waals surface area contributed by atoms with E-state index in [2.05, 4.69) is 5.16 Å². The molecule has 0 N–H and O–H groups in total. The second-order valence-electron chi connectivity index (χ2n) is 2.60. The van der Waals surface area contributed by atoms with Crippen molar-refractivity contribution in [3.8, 4) is 17.2 Å². The number of rotatable bonds is 2. The zero-order chi connectivity index (χ0) is 9.10. The van der Waals surface area contributed by atoms with Gasteiger partial charge in [-0.1, -0.05) is 30.3 Å². The summed E-state index contributed by atoms with van der Waals surface area (Å²) in [7, 11) is 1.56. The average molecular weight is 175 g/mol. The summed E-state index contributed by atoms with van der Waals surface area (Å²) in [5.41, 5.74) is 0.998. The van der Waals surface area contributed by atoms with Gasteiger partial charge in [-0.25, -0.2) is 0 Å². The van der Waals surface area contributed by atoms with Crippen molar-refractivity contribution in [1.82, 2.24) is 5.16 Å². The molecule has 3 nitrogen and oxygen atoms in total. The highest BCUT2D eigenvalue weighted by molar-refractivity contribution is 5.57. The Morgan fingerprint density at radius 3 is 2.62 bits per heavy atom. The summed E-state index contributed by atoms with van der Waals surface area (Å²) in [5.74, 6) is 1.22. The van der Waals surface area contributed by atoms with Gasteiger partial charge in [0.15, 0.2) is 5.76 Å². The molecule has 0 aliphatic heterocycles. The molecule has 0 saturated heterocycles. The molecule has 0 amide bonds. The summed E-state index contributed by atoms with van der Waals surface area (Å²) in [6.45, 7) is 0. The van der Waals surface area contributed by atoms with Crippen LogP contribution in [0.5, 0.6) is 5.88 Å². The van der Waals surface area contributed by atoms with Crippen LogP contribution in [0.4, 0.5) is 0 Å². The molecule has 13 heavy (non-hydrogen) atoms. The molecule has 0 radical (unpaired) electrons. The zero-order valence-corrected chi connectivity index (χ0v) is 7.23. The Balaban J connectivity index is 2.36. The number of hydrogen-bond acceptors (Lipinski definition) is 3. The van der Waals surface area contributed by atoms with Gasteiger partial charge in [-0.3, -0.25) is 0 Å². The SMILES string of the molecule is COc1cc(-c2ccccc2)on1. The smallest absolute Gasteiger partial charge is 0.254 e. The fourth-order valence-corrected chi connectivity index (χ4v) is 1.09. The van der Waals surface area contributed by atoms with Crippen molar-refractivity contribution < 1.29 is 9.26 Å². The Hall–Kier alpha value is -1.77. The summed E-state index contributed by atoms with van der Waals surface area (Å²) >= 11 is 0. The van der Waals surface area contributed by atoms with E-state index in [1.54, 1.807) is 13.2 Å². The van der Waals surface area contributed by atoms with Crippen LogP contribution < -0.4 is 4.74 Å². The minimum absolute atomic E-state index is 0.499. The van der Waals surface area contributed by atoms with E-state index in [1.165, 1.54) is 0 Å². The average Bonchev–Trinajstić information content (AvgIpc) is 2.67. The molecule has 1 aromatic carbocycles. The van der Waals surface area contributed by atoms with Crippen molar-refractivity contribution in [2.75, 3.05) is 7.11 Å². The molecule has 0 spiro atoms. The highest BCUT2D eigenvalue weighted by atomic mass is 16.5. The van der Waals surface area contributed by atoms with Gasteiger partial charge < -0.3 is 9.26 Å². The molecule has 66 valence electrons. The Labute approximate surface area is 75.9 Å². The normalized spacial score (nSPS) is 9.92. The van der Waals surface area contributed by atoms with E-state index < -0.39 is 0 Å². The molecule has 3 heteroatoms. The van der Waals surface area contributed by atoms with E-state index in [4.69, 9.17) is 9.26 Å². The van der Waals surface area contributed by atoms with Gasteiger partial charge in [-0.15, -0.1) is 0 Å². The maximum absolute atomic E-state index is 5.07. The van der Waals surface area contributed by atoms with Gasteiger partial charge in [0.1, 0.15) is 0 Å². The number of benzene rings is 1. The lowest BCUT2D eigenvalue weighted by molar-refractivity contribution is 0.343. The van der Waals surface area contributed by atoms with Crippen molar-refractivity contribution in [2.24, 2.45) is 0 Å². The third kappa shape index (κ3) is 1.54. The zero-order valence-electron chi connectivity index (χ0n) is 7.23. The summed E-state index contributed by atoms with van der Waals surface area (Å²) < 4.78 is 9.98. The monoisotopic (exact) mass is 175 g/mol. The molecule has 0 aliphatic rings. The maximum Gasteiger partial charge on any atom is 0.254 e. The number of methoxy groups -OCH3 is 1. The first-order chi connectivity index (χ1) is 6.40. The number of ether oxygens (including phenoxy) is 1. The third-order valence-electron chi connectivity index (χ3n) is 1.76. The van der Waals surface area contributed by atoms with E-state index in [1.807, 2.05) is 30.3 Å². The largest absolute Gasteiger partial charge is 0.479 e. The van der Waals surface area contributed by atoms with Gasteiger partial charge in [0, 0.05) is 11.6 Å². The molecule has 0 bridgehead atoms. The fourth-order valence-electron chi connectivity index (χ4n) is 1.09. The number of hydrogen-bond donors (Lipinski definition) is 0. The number of aromatic nitrogens is 1. The maximum atomic E-state index is 5.07. The Bertz CT molecular complexity index is 381. The Morgan fingerprint density at radius 2 is 2.00 bits per heavy atom. The minimum atomic E-state index is 0.499. The molecule has 2 aromatic rings. The van der Waals surface area contributed by atoms with E-state index in [0.29, 0.717) is 5.88 Å². The molecule has 0 saturated carbocycles. The summed E-state index contributed by atoms with van der Waals surface area (Å²) in [4.78, 5) is 0. The lowest BCUT2D eigenvalue weighted by atomic mass is 10.2. The highest BCUT2D eigenvalue weighted by Gasteiger charge is 2.04. The van der Waals surface area contributed by atoms with Crippen LogP contribution in [0.2, 0.25) is 0 Å². The topological polar surface area (TPSA) is 35.3 Å². The van der Waals surface area contributed by atoms with Crippen LogP contribution in [0, 0.1) is 0 Å². The Kier molecular flexibility index (Phi) is 2.00. The molecular formula is C10H9NO2. The fraction of sp³-hybridized carbons (Fsp3) is 0.100. The number of nitrogens with zero attached hydrogens (tertiary/aromatic N) is 1. The predicted octanol–water partition coefficient (Wildman–Crippen LogP) is 2.35. The molecule has 1 heterocycles. The third-order valence-corrected chi connectivity index (χ3v) is 1.76. The van der Waals surface area contributed by atoms with Crippen LogP contribution in [0.3, 0.4) is 0 Å². The van der Waals surface area contributed by atoms with Crippen molar-refractivity contribution in [3.63, 3.8) is 0 Å². The standard InChI is InChI=1S/C10H9NO2/c1-12-10-7-9(13-11-10)8-5-3-2-4-6-8/h2-7H,1H3. The first kappa shape index (κ1) is 7.86. The van der Waals surface area contributed by atoms with Crippen LogP contribution in [0.15, 0.2) is 40.9 Å². The molecule has 1 aromatic heterocycles. The van der Waals surface area contributed by atoms with E-state index in [9.17, 15) is 0 Å². The molecule has 0 fully saturated rings. The van der Waals surface area contributed by atoms with Gasteiger partial charge >= 0.3 is 0 Å². The second kappa shape index (κ2) is 3.31. The van der Waals surface area contributed by atoms with Gasteiger partial charge in [0.25, 0.3) is 5.88 Å². The summed E-state index contributed by atoms with van der Waals surface area (Å²) in [5, 5.41) is 3.71. The van der Waals surface area contributed by atoms with Crippen LogP contribution in [0.1, 0.15) is 0 Å². The molecule has 0 atom stereocenters. The van der Waals surface area contributed by atoms with Crippen LogP contribution in [-0.2, 0) is 0 Å². The lowest BCUT2D eigenvalue weighted by Gasteiger charge is -1.91. The van der Waals surface area contributed by atoms with Crippen molar-refractivity contribution in [1.29, 1.82) is 0 Å². The molecule has 0 unspecified atom stereocenters. The first-order valence-electron chi connectivity index (χ1n) is 3.96. The Morgan fingerprint density at radius 1 is 1.23 bits per heavy atom. The van der Waals surface area contributed by atoms with Crippen LogP contribution >= 0.6 is 0 Å². The quantitative estimate of drug-likeness (QED) is 0.702. The van der Waals surface area contributed by atoms with Gasteiger partial charge in [-0.2, -0.15) is 0 Å². The van der Waals surface area contributed by atoms with E-state index in [-0.39, 0.29) is 0 Å². The van der Waals surface area contributed by atoms with Gasteiger partial charge in [0.2, 0.25) is 0 Å². The molecule has 0 aliphatic carbocycles. The van der Waals surface area contributed by atoms with Crippen molar-refractivity contribution in [3.05, 3.63) is 36.4 Å². The molecular weight excluding hydrogens is 166 g/mol. The van der Waals surface area contributed by atoms with E-state index in [0.717, 1.165) is 11.3 Å². The predicted molar refractivity (Wildman–Crippen MR) is 48.5 cm³/mol. The minimum Gasteiger partial charge on any atom is -0.479 e. The van der Waals surface area contributed by atoms with Crippen LogP contribution in [-0.4, -0.2) is 12.3 Å². The van der Waals surface area contributed by atoms with Crippen molar-refractivity contribution >= 4 is 0 Å². The lowest BCUT2D eigenvalue weighted by Crippen LogP contribution is -1.78. The van der Waals surface area contributed by atoms with Gasteiger partial charge in [-0.05, 0) is 5.16 Å².